The molecule has 4 bridgehead atoms. The number of rotatable bonds is 4. The van der Waals surface area contributed by atoms with Crippen molar-refractivity contribution in [2.75, 3.05) is 5.32 Å². The first-order valence-corrected chi connectivity index (χ1v) is 9.90. The van der Waals surface area contributed by atoms with E-state index in [0.717, 1.165) is 32.1 Å². The van der Waals surface area contributed by atoms with Crippen LogP contribution in [0.3, 0.4) is 0 Å². The Bertz CT molecular complexity index is 817. The highest BCUT2D eigenvalue weighted by Gasteiger charge is 2.61. The fourth-order valence-corrected chi connectivity index (χ4v) is 6.34. The van der Waals surface area contributed by atoms with Crippen molar-refractivity contribution in [3.63, 3.8) is 0 Å². The molecule has 5 rings (SSSR count). The Hall–Kier alpha value is -2.06. The molecule has 0 spiro atoms. The maximum Gasteiger partial charge on any atom is 0.312 e. The second-order valence-corrected chi connectivity index (χ2v) is 9.39. The average Bonchev–Trinajstić information content (AvgIpc) is 2.60. The van der Waals surface area contributed by atoms with Crippen LogP contribution in [0.15, 0.2) is 24.3 Å². The molecule has 0 heterocycles. The van der Waals surface area contributed by atoms with E-state index < -0.39 is 17.4 Å². The third-order valence-corrected chi connectivity index (χ3v) is 6.82. The van der Waals surface area contributed by atoms with Crippen molar-refractivity contribution in [1.29, 1.82) is 5.26 Å². The van der Waals surface area contributed by atoms with Crippen LogP contribution in [-0.4, -0.2) is 22.9 Å². The van der Waals surface area contributed by atoms with Gasteiger partial charge in [-0.25, -0.2) is 0 Å². The molecule has 27 heavy (non-hydrogen) atoms. The minimum Gasteiger partial charge on any atom is -0.452 e. The summed E-state index contributed by atoms with van der Waals surface area (Å²) >= 11 is 6.79. The molecule has 3 atom stereocenters. The largest absolute Gasteiger partial charge is 0.452 e. The Kier molecular flexibility index (Phi) is 4.43. The normalized spacial score (nSPS) is 34.6. The van der Waals surface area contributed by atoms with Crippen LogP contribution in [0, 0.1) is 28.6 Å². The zero-order valence-electron chi connectivity index (χ0n) is 15.3. The lowest BCUT2D eigenvalue weighted by molar-refractivity contribution is -0.176. The molecule has 0 aliphatic heterocycles. The van der Waals surface area contributed by atoms with Crippen molar-refractivity contribution in [3.05, 3.63) is 29.8 Å². The van der Waals surface area contributed by atoms with E-state index in [0.29, 0.717) is 29.5 Å². The molecule has 0 saturated heterocycles. The SMILES string of the molecule is CC(OC(=O)C12CC3CC(CC(Cl)(C3)C1)C2)C(=O)Nc1ccccc1C#N. The van der Waals surface area contributed by atoms with Crippen LogP contribution in [0.25, 0.3) is 0 Å². The van der Waals surface area contributed by atoms with Crippen molar-refractivity contribution in [2.45, 2.75) is 56.4 Å². The number of halogens is 1. The van der Waals surface area contributed by atoms with Gasteiger partial charge in [0.05, 0.1) is 16.7 Å². The standard InChI is InChI=1S/C21H23ClN2O3/c1-13(18(25)24-17-5-3-2-4-16(17)11-23)27-19(26)20-7-14-6-15(8-20)10-21(22,9-14)12-20/h2-5,13-15H,6-10,12H2,1H3,(H,24,25). The first-order valence-electron chi connectivity index (χ1n) is 9.52. The molecular formula is C21H23ClN2O3. The molecule has 4 saturated carbocycles. The number of anilines is 1. The van der Waals surface area contributed by atoms with Gasteiger partial charge in [-0.1, -0.05) is 12.1 Å². The number of carbonyl (C=O) groups excluding carboxylic acids is 2. The number of benzene rings is 1. The summed E-state index contributed by atoms with van der Waals surface area (Å²) in [7, 11) is 0. The van der Waals surface area contributed by atoms with Gasteiger partial charge in [-0.2, -0.15) is 5.26 Å². The van der Waals surface area contributed by atoms with Crippen LogP contribution in [-0.2, 0) is 14.3 Å². The van der Waals surface area contributed by atoms with Crippen LogP contribution >= 0.6 is 11.6 Å². The highest BCUT2D eigenvalue weighted by atomic mass is 35.5. The Morgan fingerprint density at radius 2 is 1.93 bits per heavy atom. The smallest absolute Gasteiger partial charge is 0.312 e. The fourth-order valence-electron chi connectivity index (χ4n) is 5.65. The van der Waals surface area contributed by atoms with Crippen LogP contribution in [0.4, 0.5) is 5.69 Å². The van der Waals surface area contributed by atoms with Crippen LogP contribution in [0.1, 0.15) is 51.0 Å². The van der Waals surface area contributed by atoms with E-state index in [1.165, 1.54) is 0 Å². The maximum atomic E-state index is 13.0. The molecule has 1 N–H and O–H groups in total. The number of hydrogen-bond donors (Lipinski definition) is 1. The summed E-state index contributed by atoms with van der Waals surface area (Å²) in [6.07, 6.45) is 4.50. The summed E-state index contributed by atoms with van der Waals surface area (Å²) in [4.78, 5) is 25.2. The number of para-hydroxylation sites is 1. The highest BCUT2D eigenvalue weighted by molar-refractivity contribution is 6.24. The predicted molar refractivity (Wildman–Crippen MR) is 101 cm³/mol. The van der Waals surface area contributed by atoms with Gasteiger partial charge in [0.1, 0.15) is 6.07 Å². The molecule has 4 aliphatic carbocycles. The first kappa shape index (κ1) is 18.3. The van der Waals surface area contributed by atoms with Gasteiger partial charge in [-0.05, 0) is 69.4 Å². The van der Waals surface area contributed by atoms with E-state index in [-0.39, 0.29) is 10.8 Å². The lowest BCUT2D eigenvalue weighted by Gasteiger charge is -2.58. The lowest BCUT2D eigenvalue weighted by Crippen LogP contribution is -2.57. The number of carbonyl (C=O) groups is 2. The second-order valence-electron chi connectivity index (χ2n) is 8.59. The number of nitrogens with one attached hydrogen (secondary N) is 1. The van der Waals surface area contributed by atoms with Gasteiger partial charge >= 0.3 is 5.97 Å². The molecule has 0 radical (unpaired) electrons. The third kappa shape index (κ3) is 3.32. The Morgan fingerprint density at radius 3 is 2.56 bits per heavy atom. The number of ether oxygens (including phenoxy) is 1. The molecule has 1 amide bonds. The van der Waals surface area contributed by atoms with Gasteiger partial charge in [0.25, 0.3) is 5.91 Å². The second kappa shape index (κ2) is 6.53. The van der Waals surface area contributed by atoms with E-state index >= 15 is 0 Å². The number of hydrogen-bond acceptors (Lipinski definition) is 4. The van der Waals surface area contributed by atoms with Crippen LogP contribution in [0.5, 0.6) is 0 Å². The van der Waals surface area contributed by atoms with Crippen molar-refractivity contribution < 1.29 is 14.3 Å². The van der Waals surface area contributed by atoms with E-state index in [4.69, 9.17) is 21.6 Å². The van der Waals surface area contributed by atoms with E-state index in [1.54, 1.807) is 31.2 Å². The van der Waals surface area contributed by atoms with Crippen LogP contribution in [0.2, 0.25) is 0 Å². The maximum absolute atomic E-state index is 13.0. The minimum atomic E-state index is -0.927. The lowest BCUT2D eigenvalue weighted by atomic mass is 9.49. The third-order valence-electron chi connectivity index (χ3n) is 6.38. The van der Waals surface area contributed by atoms with Gasteiger partial charge in [0.2, 0.25) is 0 Å². The summed E-state index contributed by atoms with van der Waals surface area (Å²) < 4.78 is 5.60. The topological polar surface area (TPSA) is 79.2 Å². The molecule has 6 heteroatoms. The van der Waals surface area contributed by atoms with Crippen molar-refractivity contribution in [2.24, 2.45) is 17.3 Å². The number of esters is 1. The van der Waals surface area contributed by atoms with E-state index in [9.17, 15) is 9.59 Å². The molecule has 0 aromatic heterocycles. The molecule has 4 fully saturated rings. The number of nitrogens with zero attached hydrogens (tertiary/aromatic N) is 1. The first-order chi connectivity index (χ1) is 12.8. The van der Waals surface area contributed by atoms with Crippen LogP contribution < -0.4 is 5.32 Å². The van der Waals surface area contributed by atoms with Gasteiger partial charge < -0.3 is 10.1 Å². The van der Waals surface area contributed by atoms with Gasteiger partial charge in [0.15, 0.2) is 6.10 Å². The summed E-state index contributed by atoms with van der Waals surface area (Å²) in [6, 6.07) is 8.78. The average molecular weight is 387 g/mol. The van der Waals surface area contributed by atoms with E-state index in [1.807, 2.05) is 6.07 Å². The van der Waals surface area contributed by atoms with Crippen molar-refractivity contribution in [3.8, 4) is 6.07 Å². The van der Waals surface area contributed by atoms with Gasteiger partial charge in [-0.15, -0.1) is 11.6 Å². The monoisotopic (exact) mass is 386 g/mol. The quantitative estimate of drug-likeness (QED) is 0.626. The molecule has 1 aromatic rings. The zero-order chi connectivity index (χ0) is 19.2. The zero-order valence-corrected chi connectivity index (χ0v) is 16.1. The number of amides is 1. The number of alkyl halides is 1. The Balaban J connectivity index is 1.44. The molecule has 5 nitrogen and oxygen atoms in total. The van der Waals surface area contributed by atoms with Crippen molar-refractivity contribution >= 4 is 29.2 Å². The number of nitriles is 1. The molecule has 142 valence electrons. The Labute approximate surface area is 164 Å². The molecule has 4 aliphatic rings. The van der Waals surface area contributed by atoms with Gasteiger partial charge in [0, 0.05) is 4.87 Å². The summed E-state index contributed by atoms with van der Waals surface area (Å²) in [5.41, 5.74) is 0.252. The van der Waals surface area contributed by atoms with Crippen molar-refractivity contribution in [1.82, 2.24) is 0 Å². The molecular weight excluding hydrogens is 364 g/mol. The molecule has 3 unspecified atom stereocenters. The summed E-state index contributed by atoms with van der Waals surface area (Å²) in [5, 5.41) is 11.8. The predicted octanol–water partition coefficient (Wildman–Crippen LogP) is 4.01. The highest BCUT2D eigenvalue weighted by Crippen LogP contribution is 2.64. The Morgan fingerprint density at radius 1 is 1.26 bits per heavy atom. The fraction of sp³-hybridized carbons (Fsp3) is 0.571. The minimum absolute atomic E-state index is 0.277. The van der Waals surface area contributed by atoms with Gasteiger partial charge in [-0.3, -0.25) is 9.59 Å². The molecule has 1 aromatic carbocycles. The summed E-state index contributed by atoms with van der Waals surface area (Å²) in [6.45, 7) is 1.57. The van der Waals surface area contributed by atoms with E-state index in [2.05, 4.69) is 5.32 Å². The summed E-state index contributed by atoms with van der Waals surface area (Å²) in [5.74, 6) is 0.250.